The number of amides is 1. The van der Waals surface area contributed by atoms with Crippen molar-refractivity contribution >= 4 is 6.09 Å². The third-order valence-electron chi connectivity index (χ3n) is 3.60. The minimum Gasteiger partial charge on any atom is -0.450 e. The second kappa shape index (κ2) is 5.53. The van der Waals surface area contributed by atoms with Crippen molar-refractivity contribution < 1.29 is 9.53 Å². The first-order valence-electron chi connectivity index (χ1n) is 6.47. The number of likely N-dealkylation sites (tertiary alicyclic amines) is 1. The smallest absolute Gasteiger partial charge is 0.409 e. The number of carbonyl (C=O) groups is 1. The number of hydrogen-bond donors (Lipinski definition) is 1. The van der Waals surface area contributed by atoms with Crippen LogP contribution in [0, 0.1) is 0 Å². The van der Waals surface area contributed by atoms with Gasteiger partial charge in [-0.05, 0) is 32.6 Å². The fourth-order valence-electron chi connectivity index (χ4n) is 2.35. The Labute approximate surface area is 97.3 Å². The lowest BCUT2D eigenvalue weighted by atomic mass is 9.91. The van der Waals surface area contributed by atoms with Gasteiger partial charge >= 0.3 is 6.09 Å². The quantitative estimate of drug-likeness (QED) is 0.797. The van der Waals surface area contributed by atoms with Crippen molar-refractivity contribution in [1.29, 1.82) is 0 Å². The van der Waals surface area contributed by atoms with E-state index in [9.17, 15) is 4.79 Å². The molecule has 0 atom stereocenters. The molecule has 4 heteroatoms. The van der Waals surface area contributed by atoms with E-state index in [0.717, 1.165) is 32.0 Å². The lowest BCUT2D eigenvalue weighted by molar-refractivity contribution is 0.0929. The van der Waals surface area contributed by atoms with Gasteiger partial charge in [-0.2, -0.15) is 0 Å². The van der Waals surface area contributed by atoms with Crippen LogP contribution in [-0.2, 0) is 4.74 Å². The van der Waals surface area contributed by atoms with Crippen molar-refractivity contribution in [2.75, 3.05) is 19.7 Å². The minimum atomic E-state index is -0.149. The Morgan fingerprint density at radius 2 is 1.88 bits per heavy atom. The summed E-state index contributed by atoms with van der Waals surface area (Å²) < 4.78 is 5.00. The van der Waals surface area contributed by atoms with Gasteiger partial charge in [-0.3, -0.25) is 0 Å². The van der Waals surface area contributed by atoms with E-state index in [1.807, 2.05) is 11.8 Å². The van der Waals surface area contributed by atoms with Crippen LogP contribution in [0.1, 0.15) is 39.0 Å². The maximum absolute atomic E-state index is 11.5. The molecule has 1 saturated heterocycles. The van der Waals surface area contributed by atoms with E-state index in [4.69, 9.17) is 4.74 Å². The third kappa shape index (κ3) is 2.88. The van der Waals surface area contributed by atoms with E-state index >= 15 is 0 Å². The summed E-state index contributed by atoms with van der Waals surface area (Å²) in [4.78, 5) is 13.3. The van der Waals surface area contributed by atoms with Gasteiger partial charge in [0.2, 0.25) is 0 Å². The zero-order valence-electron chi connectivity index (χ0n) is 10.1. The molecule has 0 aromatic rings. The van der Waals surface area contributed by atoms with Gasteiger partial charge in [-0.25, -0.2) is 4.79 Å². The number of piperidine rings is 1. The number of carbonyl (C=O) groups excluding carboxylic acids is 1. The van der Waals surface area contributed by atoms with Gasteiger partial charge in [0, 0.05) is 25.2 Å². The van der Waals surface area contributed by atoms with Crippen LogP contribution in [0.3, 0.4) is 0 Å². The Balaban J connectivity index is 1.67. The maximum Gasteiger partial charge on any atom is 0.409 e. The monoisotopic (exact) mass is 226 g/mol. The summed E-state index contributed by atoms with van der Waals surface area (Å²) in [5, 5.41) is 3.67. The van der Waals surface area contributed by atoms with Crippen molar-refractivity contribution in [1.82, 2.24) is 10.2 Å². The molecular formula is C12H22N2O2. The van der Waals surface area contributed by atoms with Crippen molar-refractivity contribution in [2.45, 2.75) is 51.1 Å². The van der Waals surface area contributed by atoms with Crippen LogP contribution in [0.5, 0.6) is 0 Å². The molecule has 92 valence electrons. The second-order valence-electron chi connectivity index (χ2n) is 4.75. The van der Waals surface area contributed by atoms with E-state index < -0.39 is 0 Å². The van der Waals surface area contributed by atoms with Gasteiger partial charge in [0.1, 0.15) is 0 Å². The van der Waals surface area contributed by atoms with Gasteiger partial charge in [0.15, 0.2) is 0 Å². The van der Waals surface area contributed by atoms with Crippen LogP contribution in [0.2, 0.25) is 0 Å². The summed E-state index contributed by atoms with van der Waals surface area (Å²) in [6.07, 6.45) is 6.02. The molecule has 2 rings (SSSR count). The molecule has 0 radical (unpaired) electrons. The largest absolute Gasteiger partial charge is 0.450 e. The Hall–Kier alpha value is -0.770. The predicted octanol–water partition coefficient (Wildman–Crippen LogP) is 1.75. The summed E-state index contributed by atoms with van der Waals surface area (Å²) in [7, 11) is 0. The zero-order chi connectivity index (χ0) is 11.4. The molecule has 1 heterocycles. The molecule has 0 aromatic heterocycles. The molecule has 1 saturated carbocycles. The minimum absolute atomic E-state index is 0.149. The van der Waals surface area contributed by atoms with Crippen LogP contribution in [0.4, 0.5) is 4.79 Å². The molecule has 2 aliphatic rings. The number of nitrogens with one attached hydrogen (secondary N) is 1. The van der Waals surface area contributed by atoms with Crippen LogP contribution in [0.25, 0.3) is 0 Å². The zero-order valence-corrected chi connectivity index (χ0v) is 10.1. The lowest BCUT2D eigenvalue weighted by Gasteiger charge is -2.36. The molecule has 0 bridgehead atoms. The SMILES string of the molecule is CCOC(=O)N1CCC(NC2CCC2)CC1. The van der Waals surface area contributed by atoms with Crippen molar-refractivity contribution in [3.05, 3.63) is 0 Å². The number of hydrogen-bond acceptors (Lipinski definition) is 3. The normalized spacial score (nSPS) is 22.9. The average Bonchev–Trinajstić information content (AvgIpc) is 2.25. The molecule has 2 fully saturated rings. The van der Waals surface area contributed by atoms with Crippen molar-refractivity contribution in [2.24, 2.45) is 0 Å². The van der Waals surface area contributed by atoms with Crippen LogP contribution in [-0.4, -0.2) is 42.8 Å². The number of rotatable bonds is 3. The van der Waals surface area contributed by atoms with Crippen LogP contribution < -0.4 is 5.32 Å². The molecule has 16 heavy (non-hydrogen) atoms. The summed E-state index contributed by atoms with van der Waals surface area (Å²) in [6.45, 7) is 3.99. The Morgan fingerprint density at radius 1 is 1.25 bits per heavy atom. The number of nitrogens with zero attached hydrogens (tertiary/aromatic N) is 1. The molecule has 1 aliphatic heterocycles. The van der Waals surface area contributed by atoms with E-state index in [0.29, 0.717) is 12.6 Å². The summed E-state index contributed by atoms with van der Waals surface area (Å²) in [6, 6.07) is 1.36. The van der Waals surface area contributed by atoms with Crippen molar-refractivity contribution in [3.63, 3.8) is 0 Å². The highest BCUT2D eigenvalue weighted by Crippen LogP contribution is 2.21. The van der Waals surface area contributed by atoms with Gasteiger partial charge < -0.3 is 15.0 Å². The van der Waals surface area contributed by atoms with Crippen LogP contribution >= 0.6 is 0 Å². The van der Waals surface area contributed by atoms with Gasteiger partial charge in [0.25, 0.3) is 0 Å². The standard InChI is InChI=1S/C12H22N2O2/c1-2-16-12(15)14-8-6-11(7-9-14)13-10-4-3-5-10/h10-11,13H,2-9H2,1H3. The average molecular weight is 226 g/mol. The molecule has 0 spiro atoms. The molecular weight excluding hydrogens is 204 g/mol. The van der Waals surface area contributed by atoms with Gasteiger partial charge in [0.05, 0.1) is 6.61 Å². The highest BCUT2D eigenvalue weighted by Gasteiger charge is 2.26. The first-order chi connectivity index (χ1) is 7.79. The molecule has 0 aromatic carbocycles. The molecule has 1 aliphatic carbocycles. The summed E-state index contributed by atoms with van der Waals surface area (Å²) in [5.41, 5.74) is 0. The first-order valence-corrected chi connectivity index (χ1v) is 6.47. The third-order valence-corrected chi connectivity index (χ3v) is 3.60. The molecule has 1 amide bonds. The number of ether oxygens (including phenoxy) is 1. The highest BCUT2D eigenvalue weighted by atomic mass is 16.6. The van der Waals surface area contributed by atoms with E-state index in [1.54, 1.807) is 0 Å². The molecule has 0 unspecified atom stereocenters. The summed E-state index contributed by atoms with van der Waals surface area (Å²) in [5.74, 6) is 0. The first kappa shape index (κ1) is 11.7. The van der Waals surface area contributed by atoms with E-state index in [1.165, 1.54) is 19.3 Å². The predicted molar refractivity (Wildman–Crippen MR) is 62.4 cm³/mol. The van der Waals surface area contributed by atoms with Gasteiger partial charge in [-0.1, -0.05) is 6.42 Å². The Morgan fingerprint density at radius 3 is 2.38 bits per heavy atom. The second-order valence-corrected chi connectivity index (χ2v) is 4.75. The summed E-state index contributed by atoms with van der Waals surface area (Å²) >= 11 is 0. The van der Waals surface area contributed by atoms with Crippen molar-refractivity contribution in [3.8, 4) is 0 Å². The topological polar surface area (TPSA) is 41.6 Å². The molecule has 4 nitrogen and oxygen atoms in total. The fraction of sp³-hybridized carbons (Fsp3) is 0.917. The molecule has 1 N–H and O–H groups in total. The van der Waals surface area contributed by atoms with Gasteiger partial charge in [-0.15, -0.1) is 0 Å². The Kier molecular flexibility index (Phi) is 4.04. The van der Waals surface area contributed by atoms with E-state index in [-0.39, 0.29) is 6.09 Å². The van der Waals surface area contributed by atoms with E-state index in [2.05, 4.69) is 5.32 Å². The lowest BCUT2D eigenvalue weighted by Crippen LogP contribution is -2.49. The Bertz CT molecular complexity index is 233. The fourth-order valence-corrected chi connectivity index (χ4v) is 2.35. The van der Waals surface area contributed by atoms with Crippen LogP contribution in [0.15, 0.2) is 0 Å². The highest BCUT2D eigenvalue weighted by molar-refractivity contribution is 5.67. The maximum atomic E-state index is 11.5.